The highest BCUT2D eigenvalue weighted by Crippen LogP contribution is 2.30. The number of fused-ring (bicyclic) bond motifs is 3. The molecule has 1 fully saturated rings. The first-order valence-electron chi connectivity index (χ1n) is 16.7. The molecular formula is C36H48N6O4. The van der Waals surface area contributed by atoms with E-state index in [4.69, 9.17) is 20.2 Å². The molecule has 0 unspecified atom stereocenters. The Labute approximate surface area is 271 Å². The molecule has 1 aliphatic rings. The molecule has 5 rings (SSSR count). The van der Waals surface area contributed by atoms with Gasteiger partial charge in [-0.15, -0.1) is 0 Å². The van der Waals surface area contributed by atoms with E-state index < -0.39 is 11.6 Å². The average Bonchev–Trinajstić information content (AvgIpc) is 3.68. The number of nitrogen functional groups attached to an aromatic ring is 1. The van der Waals surface area contributed by atoms with Crippen LogP contribution in [-0.4, -0.2) is 74.6 Å². The van der Waals surface area contributed by atoms with E-state index in [1.165, 1.54) is 0 Å². The number of carbonyl (C=O) groups excluding carboxylic acids is 2. The van der Waals surface area contributed by atoms with Gasteiger partial charge in [-0.05, 0) is 83.3 Å². The molecule has 246 valence electrons. The number of ether oxygens (including phenoxy) is 2. The first-order valence-corrected chi connectivity index (χ1v) is 16.7. The summed E-state index contributed by atoms with van der Waals surface area (Å²) in [4.78, 5) is 40.0. The van der Waals surface area contributed by atoms with Gasteiger partial charge < -0.3 is 24.7 Å². The van der Waals surface area contributed by atoms with Crippen LogP contribution in [0.5, 0.6) is 5.75 Å². The smallest absolute Gasteiger partial charge is 0.349 e. The quantitative estimate of drug-likeness (QED) is 0.166. The summed E-state index contributed by atoms with van der Waals surface area (Å²) >= 11 is 0. The zero-order valence-corrected chi connectivity index (χ0v) is 27.8. The lowest BCUT2D eigenvalue weighted by molar-refractivity contribution is -0.158. The van der Waals surface area contributed by atoms with Crippen molar-refractivity contribution in [2.75, 3.05) is 38.5 Å². The van der Waals surface area contributed by atoms with Crippen LogP contribution in [0.2, 0.25) is 0 Å². The number of nitrogens with two attached hydrogens (primary N) is 1. The summed E-state index contributed by atoms with van der Waals surface area (Å²) in [5.41, 5.74) is 8.83. The van der Waals surface area contributed by atoms with Crippen LogP contribution in [0.3, 0.4) is 0 Å². The van der Waals surface area contributed by atoms with Crippen molar-refractivity contribution in [1.82, 2.24) is 24.3 Å². The highest BCUT2D eigenvalue weighted by Gasteiger charge is 2.31. The van der Waals surface area contributed by atoms with E-state index in [0.29, 0.717) is 37.7 Å². The fourth-order valence-corrected chi connectivity index (χ4v) is 6.18. The second-order valence-electron chi connectivity index (χ2n) is 12.6. The minimum absolute atomic E-state index is 0.112. The van der Waals surface area contributed by atoms with Gasteiger partial charge in [-0.25, -0.2) is 14.8 Å². The minimum Gasteiger partial charge on any atom is -0.476 e. The summed E-state index contributed by atoms with van der Waals surface area (Å²) in [7, 11) is 0. The number of para-hydroxylation sites is 1. The number of carbonyl (C=O) groups is 2. The monoisotopic (exact) mass is 628 g/mol. The molecule has 1 saturated heterocycles. The third-order valence-corrected chi connectivity index (χ3v) is 8.58. The van der Waals surface area contributed by atoms with Crippen LogP contribution in [0, 0.1) is 0 Å². The molecule has 10 nitrogen and oxygen atoms in total. The van der Waals surface area contributed by atoms with Crippen molar-refractivity contribution in [3.8, 4) is 5.75 Å². The van der Waals surface area contributed by atoms with Gasteiger partial charge in [-0.3, -0.25) is 9.69 Å². The number of likely N-dealkylation sites (tertiary alicyclic amines) is 1. The molecule has 3 heterocycles. The number of hydrogen-bond acceptors (Lipinski definition) is 8. The van der Waals surface area contributed by atoms with E-state index in [2.05, 4.69) is 27.4 Å². The zero-order chi connectivity index (χ0) is 32.7. The Morgan fingerprint density at radius 1 is 1.02 bits per heavy atom. The van der Waals surface area contributed by atoms with Gasteiger partial charge in [0, 0.05) is 31.4 Å². The van der Waals surface area contributed by atoms with E-state index in [0.717, 1.165) is 84.9 Å². The zero-order valence-electron chi connectivity index (χ0n) is 27.8. The normalized spacial score (nSPS) is 13.8. The molecule has 10 heteroatoms. The van der Waals surface area contributed by atoms with Gasteiger partial charge in [0.2, 0.25) is 5.91 Å². The maximum atomic E-state index is 13.8. The lowest BCUT2D eigenvalue weighted by Gasteiger charge is -2.27. The van der Waals surface area contributed by atoms with Gasteiger partial charge in [0.15, 0.2) is 11.4 Å². The van der Waals surface area contributed by atoms with Crippen molar-refractivity contribution >= 4 is 39.6 Å². The number of imidazole rings is 1. The summed E-state index contributed by atoms with van der Waals surface area (Å²) in [6.07, 6.45) is 5.95. The Bertz CT molecular complexity index is 1660. The molecule has 0 atom stereocenters. The molecule has 0 radical (unpaired) electrons. The van der Waals surface area contributed by atoms with Gasteiger partial charge >= 0.3 is 5.97 Å². The third-order valence-electron chi connectivity index (χ3n) is 8.58. The van der Waals surface area contributed by atoms with E-state index >= 15 is 0 Å². The maximum Gasteiger partial charge on any atom is 0.349 e. The summed E-state index contributed by atoms with van der Waals surface area (Å²) in [6, 6.07) is 15.7. The van der Waals surface area contributed by atoms with Crippen LogP contribution in [0.4, 0.5) is 5.82 Å². The van der Waals surface area contributed by atoms with Crippen LogP contribution in [0.15, 0.2) is 48.5 Å². The predicted octanol–water partition coefficient (Wildman–Crippen LogP) is 5.74. The molecule has 0 bridgehead atoms. The van der Waals surface area contributed by atoms with E-state index in [1.54, 1.807) is 20.8 Å². The van der Waals surface area contributed by atoms with Crippen LogP contribution in [0.25, 0.3) is 21.9 Å². The Morgan fingerprint density at radius 3 is 2.57 bits per heavy atom. The van der Waals surface area contributed by atoms with Gasteiger partial charge in [-0.1, -0.05) is 43.7 Å². The highest BCUT2D eigenvalue weighted by molar-refractivity contribution is 6.06. The molecule has 0 spiro atoms. The Balaban J connectivity index is 1.38. The van der Waals surface area contributed by atoms with Crippen molar-refractivity contribution in [2.45, 2.75) is 84.9 Å². The molecule has 4 aromatic rings. The van der Waals surface area contributed by atoms with Crippen molar-refractivity contribution in [3.63, 3.8) is 0 Å². The van der Waals surface area contributed by atoms with Crippen LogP contribution in [-0.2, 0) is 33.8 Å². The number of rotatable bonds is 15. The van der Waals surface area contributed by atoms with Crippen molar-refractivity contribution < 1.29 is 19.1 Å². The number of nitrogens with zero attached hydrogens (tertiary/aromatic N) is 5. The molecular weight excluding hydrogens is 580 g/mol. The molecule has 2 aromatic carbocycles. The molecule has 2 N–H and O–H groups in total. The van der Waals surface area contributed by atoms with E-state index in [9.17, 15) is 9.59 Å². The number of esters is 1. The number of unbranched alkanes of at least 4 members (excludes halogenated alkanes) is 1. The summed E-state index contributed by atoms with van der Waals surface area (Å²) < 4.78 is 13.5. The van der Waals surface area contributed by atoms with Gasteiger partial charge in [-0.2, -0.15) is 0 Å². The van der Waals surface area contributed by atoms with Crippen LogP contribution in [0.1, 0.15) is 71.2 Å². The van der Waals surface area contributed by atoms with E-state index in [-0.39, 0.29) is 12.5 Å². The summed E-state index contributed by atoms with van der Waals surface area (Å²) in [6.45, 7) is 11.7. The van der Waals surface area contributed by atoms with Crippen LogP contribution >= 0.6 is 0 Å². The summed E-state index contributed by atoms with van der Waals surface area (Å²) in [5.74, 6) is 1.71. The third kappa shape index (κ3) is 7.78. The molecule has 1 amide bonds. The Kier molecular flexibility index (Phi) is 10.8. The summed E-state index contributed by atoms with van der Waals surface area (Å²) in [5, 5.41) is 1.03. The molecule has 1 aliphatic heterocycles. The fourth-order valence-electron chi connectivity index (χ4n) is 6.18. The number of pyridine rings is 1. The lowest BCUT2D eigenvalue weighted by Crippen LogP contribution is -2.40. The Morgan fingerprint density at radius 2 is 1.80 bits per heavy atom. The first kappa shape index (κ1) is 33.2. The predicted molar refractivity (Wildman–Crippen MR) is 182 cm³/mol. The number of aryl methyl sites for hydroxylation is 2. The van der Waals surface area contributed by atoms with Crippen molar-refractivity contribution in [1.29, 1.82) is 0 Å². The van der Waals surface area contributed by atoms with Crippen LogP contribution < -0.4 is 10.5 Å². The number of anilines is 1. The second kappa shape index (κ2) is 14.9. The molecule has 0 saturated carbocycles. The lowest BCUT2D eigenvalue weighted by atomic mass is 10.1. The minimum atomic E-state index is -1.13. The molecule has 46 heavy (non-hydrogen) atoms. The number of amides is 1. The first-order chi connectivity index (χ1) is 22.2. The van der Waals surface area contributed by atoms with E-state index in [1.807, 2.05) is 47.4 Å². The molecule has 2 aromatic heterocycles. The van der Waals surface area contributed by atoms with Crippen molar-refractivity contribution in [2.24, 2.45) is 0 Å². The molecule has 0 aliphatic carbocycles. The standard InChI is InChI=1S/C36H48N6O4/c1-5-7-18-30-39-32-33(28-16-8-9-17-29(28)38-34(32)37)42(30)22-13-21-41(31(43)25-40-19-10-11-20-40)24-26-14-12-15-27(23-26)46-36(3,4)35(44)45-6-2/h8-9,12,14-17,23H,5-7,10-11,13,18-22,24-25H2,1-4H3,(H2,37,38). The number of hydrogen-bond donors (Lipinski definition) is 1. The number of benzene rings is 2. The average molecular weight is 629 g/mol. The fraction of sp³-hybridized carbons (Fsp3) is 0.500. The van der Waals surface area contributed by atoms with Gasteiger partial charge in [0.1, 0.15) is 17.1 Å². The largest absolute Gasteiger partial charge is 0.476 e. The highest BCUT2D eigenvalue weighted by atomic mass is 16.6. The van der Waals surface area contributed by atoms with Gasteiger partial charge in [0.05, 0.1) is 24.2 Å². The van der Waals surface area contributed by atoms with Gasteiger partial charge in [0.25, 0.3) is 0 Å². The van der Waals surface area contributed by atoms with Crippen molar-refractivity contribution in [3.05, 3.63) is 59.9 Å². The second-order valence-corrected chi connectivity index (χ2v) is 12.6. The maximum absolute atomic E-state index is 13.8. The topological polar surface area (TPSA) is 116 Å². The number of aromatic nitrogens is 3. The SMILES string of the molecule is CCCCc1nc2c(N)nc3ccccc3c2n1CCCN(Cc1cccc(OC(C)(C)C(=O)OCC)c1)C(=O)CN1CCCC1. The Hall–Kier alpha value is -4.18.